The number of benzene rings is 1. The summed E-state index contributed by atoms with van der Waals surface area (Å²) in [6, 6.07) is 9.32. The number of rotatable bonds is 7. The summed E-state index contributed by atoms with van der Waals surface area (Å²) in [5, 5.41) is 0. The molecule has 1 saturated heterocycles. The van der Waals surface area contributed by atoms with Gasteiger partial charge in [-0.1, -0.05) is 58.9 Å². The summed E-state index contributed by atoms with van der Waals surface area (Å²) in [5.41, 5.74) is 3.20. The molecule has 2 rings (SSSR count). The van der Waals surface area contributed by atoms with E-state index in [1.54, 1.807) is 0 Å². The van der Waals surface area contributed by atoms with Gasteiger partial charge in [0.2, 0.25) is 0 Å². The van der Waals surface area contributed by atoms with Crippen molar-refractivity contribution in [2.75, 3.05) is 19.6 Å². The summed E-state index contributed by atoms with van der Waals surface area (Å²) in [6.45, 7) is 17.1. The van der Waals surface area contributed by atoms with Gasteiger partial charge in [0.1, 0.15) is 0 Å². The zero-order chi connectivity index (χ0) is 17.7. The van der Waals surface area contributed by atoms with E-state index >= 15 is 0 Å². The molecule has 1 aromatic rings. The lowest BCUT2D eigenvalue weighted by Crippen LogP contribution is -2.47. The van der Waals surface area contributed by atoms with E-state index in [-0.39, 0.29) is 5.41 Å². The van der Waals surface area contributed by atoms with E-state index < -0.39 is 0 Å². The quantitative estimate of drug-likeness (QED) is 0.693. The predicted octanol–water partition coefficient (Wildman–Crippen LogP) is 5.05. The molecule has 1 aliphatic heterocycles. The van der Waals surface area contributed by atoms with Crippen LogP contribution in [0.3, 0.4) is 0 Å². The molecule has 0 bridgehead atoms. The molecule has 24 heavy (non-hydrogen) atoms. The molecule has 2 nitrogen and oxygen atoms in total. The highest BCUT2D eigenvalue weighted by Crippen LogP contribution is 2.27. The molecular formula is C22H37NO. The van der Waals surface area contributed by atoms with Crippen LogP contribution >= 0.6 is 0 Å². The molecule has 2 heteroatoms. The highest BCUT2D eigenvalue weighted by Gasteiger charge is 2.25. The first kappa shape index (κ1) is 19.5. The highest BCUT2D eigenvalue weighted by atomic mass is 16.5. The smallest absolute Gasteiger partial charge is 0.0703 e. The van der Waals surface area contributed by atoms with Gasteiger partial charge in [0.15, 0.2) is 0 Å². The monoisotopic (exact) mass is 331 g/mol. The average molecular weight is 332 g/mol. The summed E-state index contributed by atoms with van der Waals surface area (Å²) in [5.74, 6) is 0.679. The lowest BCUT2D eigenvalue weighted by atomic mass is 9.82. The van der Waals surface area contributed by atoms with Gasteiger partial charge in [-0.3, -0.25) is 4.90 Å². The third kappa shape index (κ3) is 5.32. The van der Waals surface area contributed by atoms with Crippen molar-refractivity contribution in [2.24, 2.45) is 5.92 Å². The van der Waals surface area contributed by atoms with Crippen molar-refractivity contribution in [3.63, 3.8) is 0 Å². The highest BCUT2D eigenvalue weighted by molar-refractivity contribution is 5.28. The normalized spacial score (nSPS) is 24.1. The van der Waals surface area contributed by atoms with E-state index in [1.807, 2.05) is 0 Å². The maximum Gasteiger partial charge on any atom is 0.0703 e. The molecule has 0 aromatic heterocycles. The largest absolute Gasteiger partial charge is 0.373 e. The van der Waals surface area contributed by atoms with E-state index in [4.69, 9.17) is 4.74 Å². The van der Waals surface area contributed by atoms with E-state index in [0.717, 1.165) is 25.9 Å². The van der Waals surface area contributed by atoms with Crippen LogP contribution < -0.4 is 0 Å². The Balaban J connectivity index is 1.89. The molecule has 1 unspecified atom stereocenters. The molecular weight excluding hydrogens is 294 g/mol. The van der Waals surface area contributed by atoms with Gasteiger partial charge in [-0.25, -0.2) is 0 Å². The van der Waals surface area contributed by atoms with Crippen LogP contribution in [0.15, 0.2) is 24.3 Å². The Hall–Kier alpha value is -0.860. The molecule has 0 saturated carbocycles. The second-order valence-corrected chi connectivity index (χ2v) is 8.44. The summed E-state index contributed by atoms with van der Waals surface area (Å²) >= 11 is 0. The van der Waals surface area contributed by atoms with Gasteiger partial charge in [-0.2, -0.15) is 0 Å². The predicted molar refractivity (Wildman–Crippen MR) is 104 cm³/mol. The Kier molecular flexibility index (Phi) is 6.88. The van der Waals surface area contributed by atoms with Gasteiger partial charge >= 0.3 is 0 Å². The van der Waals surface area contributed by atoms with Crippen LogP contribution in [0.25, 0.3) is 0 Å². The average Bonchev–Trinajstić information content (AvgIpc) is 2.54. The Morgan fingerprint density at radius 3 is 2.42 bits per heavy atom. The first-order valence-electron chi connectivity index (χ1n) is 9.81. The van der Waals surface area contributed by atoms with Crippen molar-refractivity contribution in [1.82, 2.24) is 4.90 Å². The van der Waals surface area contributed by atoms with Gasteiger partial charge in [0.05, 0.1) is 12.2 Å². The lowest BCUT2D eigenvalue weighted by Gasteiger charge is -2.37. The van der Waals surface area contributed by atoms with Crippen molar-refractivity contribution in [2.45, 2.75) is 78.4 Å². The van der Waals surface area contributed by atoms with Crippen molar-refractivity contribution in [3.05, 3.63) is 35.4 Å². The van der Waals surface area contributed by atoms with Crippen LogP contribution in [-0.2, 0) is 16.6 Å². The summed E-state index contributed by atoms with van der Waals surface area (Å²) in [6.07, 6.45) is 4.23. The molecule has 0 spiro atoms. The Labute approximate surface area is 149 Å². The molecule has 0 radical (unpaired) electrons. The zero-order valence-electron chi connectivity index (χ0n) is 16.6. The van der Waals surface area contributed by atoms with Crippen molar-refractivity contribution < 1.29 is 4.74 Å². The van der Waals surface area contributed by atoms with Crippen molar-refractivity contribution in [3.8, 4) is 0 Å². The maximum absolute atomic E-state index is 5.98. The van der Waals surface area contributed by atoms with Crippen molar-refractivity contribution >= 4 is 0 Å². The fraction of sp³-hybridized carbons (Fsp3) is 0.727. The first-order chi connectivity index (χ1) is 11.3. The molecule has 0 N–H and O–H groups in total. The standard InChI is InChI=1S/C22H37NO/c1-7-21-16-23(15-18(4)24-21)14-17(3)13-19-9-11-20(12-10-19)22(5,6)8-2/h9-12,17-18,21H,7-8,13-16H2,1-6H3/t17?,18-,21+/m1/s1. The van der Waals surface area contributed by atoms with Gasteiger partial charge in [-0.05, 0) is 48.6 Å². The van der Waals surface area contributed by atoms with Crippen LogP contribution in [0.2, 0.25) is 0 Å². The lowest BCUT2D eigenvalue weighted by molar-refractivity contribution is -0.0803. The van der Waals surface area contributed by atoms with Crippen LogP contribution in [0.5, 0.6) is 0 Å². The zero-order valence-corrected chi connectivity index (χ0v) is 16.6. The van der Waals surface area contributed by atoms with Crippen LogP contribution in [0.4, 0.5) is 0 Å². The fourth-order valence-corrected chi connectivity index (χ4v) is 3.72. The Bertz CT molecular complexity index is 493. The van der Waals surface area contributed by atoms with E-state index in [9.17, 15) is 0 Å². The van der Waals surface area contributed by atoms with Gasteiger partial charge in [0.25, 0.3) is 0 Å². The second kappa shape index (κ2) is 8.49. The van der Waals surface area contributed by atoms with Gasteiger partial charge in [0, 0.05) is 19.6 Å². The third-order valence-electron chi connectivity index (χ3n) is 5.63. The molecule has 1 aromatic carbocycles. The molecule has 0 aliphatic carbocycles. The Morgan fingerprint density at radius 1 is 1.17 bits per heavy atom. The molecule has 1 fully saturated rings. The molecule has 3 atom stereocenters. The number of ether oxygens (including phenoxy) is 1. The van der Waals surface area contributed by atoms with Crippen LogP contribution in [-0.4, -0.2) is 36.7 Å². The first-order valence-corrected chi connectivity index (χ1v) is 9.81. The maximum atomic E-state index is 5.98. The molecule has 0 amide bonds. The summed E-state index contributed by atoms with van der Waals surface area (Å²) in [4.78, 5) is 2.60. The Morgan fingerprint density at radius 2 is 1.83 bits per heavy atom. The van der Waals surface area contributed by atoms with Gasteiger partial charge in [-0.15, -0.1) is 0 Å². The second-order valence-electron chi connectivity index (χ2n) is 8.44. The third-order valence-corrected chi connectivity index (χ3v) is 5.63. The van der Waals surface area contributed by atoms with E-state index in [0.29, 0.717) is 18.1 Å². The fourth-order valence-electron chi connectivity index (χ4n) is 3.72. The number of morpholine rings is 1. The molecule has 136 valence electrons. The number of nitrogens with zero attached hydrogens (tertiary/aromatic N) is 1. The van der Waals surface area contributed by atoms with E-state index in [2.05, 4.69) is 70.7 Å². The summed E-state index contributed by atoms with van der Waals surface area (Å²) < 4.78 is 5.98. The van der Waals surface area contributed by atoms with Crippen LogP contribution in [0.1, 0.15) is 65.5 Å². The SMILES string of the molecule is CC[C@H]1CN(CC(C)Cc2ccc(C(C)(C)CC)cc2)C[C@@H](C)O1. The van der Waals surface area contributed by atoms with Gasteiger partial charge < -0.3 is 4.74 Å². The van der Waals surface area contributed by atoms with Crippen molar-refractivity contribution in [1.29, 1.82) is 0 Å². The van der Waals surface area contributed by atoms with E-state index in [1.165, 1.54) is 24.1 Å². The minimum Gasteiger partial charge on any atom is -0.373 e. The topological polar surface area (TPSA) is 12.5 Å². The minimum absolute atomic E-state index is 0.281. The molecule has 1 heterocycles. The molecule has 1 aliphatic rings. The minimum atomic E-state index is 0.281. The van der Waals surface area contributed by atoms with Crippen LogP contribution in [0, 0.1) is 5.92 Å². The summed E-state index contributed by atoms with van der Waals surface area (Å²) in [7, 11) is 0. The number of hydrogen-bond donors (Lipinski definition) is 0. The number of hydrogen-bond acceptors (Lipinski definition) is 2.